The van der Waals surface area contributed by atoms with E-state index in [-0.39, 0.29) is 5.57 Å². The predicted octanol–water partition coefficient (Wildman–Crippen LogP) is 3.40. The van der Waals surface area contributed by atoms with Crippen molar-refractivity contribution in [3.63, 3.8) is 0 Å². The van der Waals surface area contributed by atoms with Gasteiger partial charge in [0.15, 0.2) is 0 Å². The number of barbiturate groups is 1. The monoisotopic (exact) mass is 393 g/mol. The van der Waals surface area contributed by atoms with Crippen LogP contribution in [-0.4, -0.2) is 30.9 Å². The maximum Gasteiger partial charge on any atom is 0.335 e. The quantitative estimate of drug-likeness (QED) is 0.641. The molecule has 2 aromatic rings. The molecule has 0 atom stereocenters. The molecule has 2 fully saturated rings. The fourth-order valence-corrected chi connectivity index (χ4v) is 3.58. The molecule has 1 N–H and O–H groups in total. The zero-order valence-corrected chi connectivity index (χ0v) is 15.9. The Morgan fingerprint density at radius 2 is 1.69 bits per heavy atom. The Labute approximate surface area is 167 Å². The summed E-state index contributed by atoms with van der Waals surface area (Å²) in [5.41, 5.74) is 1.99. The maximum atomic E-state index is 14.6. The van der Waals surface area contributed by atoms with E-state index in [1.165, 1.54) is 12.1 Å². The normalized spacial score (nSPS) is 18.6. The average Bonchev–Trinajstić information content (AvgIpc) is 3.21. The van der Waals surface area contributed by atoms with Crippen LogP contribution in [0.3, 0.4) is 0 Å². The number of rotatable bonds is 3. The summed E-state index contributed by atoms with van der Waals surface area (Å²) in [6.07, 6.45) is 3.37. The number of hydrogen-bond donors (Lipinski definition) is 1. The van der Waals surface area contributed by atoms with Gasteiger partial charge in [-0.1, -0.05) is 23.8 Å². The first-order valence-electron chi connectivity index (χ1n) is 9.46. The SMILES string of the molecule is Cc1ccc(N2C(=O)NC(=O)/C(=C/c3ccc(N4CCCC4)c(F)c3)C2=O)cc1. The molecular formula is C22H20FN3O3. The van der Waals surface area contributed by atoms with Crippen LogP contribution in [0.4, 0.5) is 20.6 Å². The van der Waals surface area contributed by atoms with Crippen LogP contribution >= 0.6 is 0 Å². The van der Waals surface area contributed by atoms with E-state index in [2.05, 4.69) is 5.32 Å². The smallest absolute Gasteiger partial charge is 0.335 e. The Hall–Kier alpha value is -3.48. The van der Waals surface area contributed by atoms with Crippen LogP contribution in [-0.2, 0) is 9.59 Å². The van der Waals surface area contributed by atoms with Gasteiger partial charge >= 0.3 is 6.03 Å². The molecule has 0 aromatic heterocycles. The van der Waals surface area contributed by atoms with Gasteiger partial charge in [-0.25, -0.2) is 14.1 Å². The maximum absolute atomic E-state index is 14.6. The van der Waals surface area contributed by atoms with Crippen molar-refractivity contribution in [1.82, 2.24) is 5.32 Å². The van der Waals surface area contributed by atoms with Gasteiger partial charge in [-0.15, -0.1) is 0 Å². The molecule has 2 aliphatic heterocycles. The van der Waals surface area contributed by atoms with Gasteiger partial charge in [0, 0.05) is 13.1 Å². The van der Waals surface area contributed by atoms with Gasteiger partial charge in [0.1, 0.15) is 11.4 Å². The number of hydrogen-bond acceptors (Lipinski definition) is 4. The van der Waals surface area contributed by atoms with Crippen molar-refractivity contribution in [2.75, 3.05) is 22.9 Å². The molecule has 148 valence electrons. The first-order valence-corrected chi connectivity index (χ1v) is 9.46. The van der Waals surface area contributed by atoms with Gasteiger partial charge in [0.2, 0.25) is 0 Å². The summed E-state index contributed by atoms with van der Waals surface area (Å²) in [5, 5.41) is 2.17. The zero-order valence-electron chi connectivity index (χ0n) is 15.9. The van der Waals surface area contributed by atoms with Crippen LogP contribution < -0.4 is 15.1 Å². The molecule has 0 aliphatic carbocycles. The Morgan fingerprint density at radius 3 is 2.34 bits per heavy atom. The Kier molecular flexibility index (Phi) is 4.88. The number of halogens is 1. The van der Waals surface area contributed by atoms with E-state index >= 15 is 0 Å². The molecule has 2 heterocycles. The molecule has 0 unspecified atom stereocenters. The highest BCUT2D eigenvalue weighted by Crippen LogP contribution is 2.26. The summed E-state index contributed by atoms with van der Waals surface area (Å²) in [7, 11) is 0. The summed E-state index contributed by atoms with van der Waals surface area (Å²) >= 11 is 0. The molecule has 29 heavy (non-hydrogen) atoms. The number of imide groups is 2. The second kappa shape index (κ2) is 7.50. The minimum atomic E-state index is -0.809. The summed E-state index contributed by atoms with van der Waals surface area (Å²) in [5.74, 6) is -1.95. The third-order valence-electron chi connectivity index (χ3n) is 5.12. The molecule has 7 heteroatoms. The second-order valence-electron chi connectivity index (χ2n) is 7.20. The van der Waals surface area contributed by atoms with Crippen molar-refractivity contribution in [2.24, 2.45) is 0 Å². The highest BCUT2D eigenvalue weighted by Gasteiger charge is 2.36. The Morgan fingerprint density at radius 1 is 1.00 bits per heavy atom. The minimum Gasteiger partial charge on any atom is -0.369 e. The van der Waals surface area contributed by atoms with Crippen molar-refractivity contribution in [3.05, 3.63) is 65.0 Å². The third-order valence-corrected chi connectivity index (χ3v) is 5.12. The molecule has 0 saturated carbocycles. The van der Waals surface area contributed by atoms with Crippen LogP contribution in [0, 0.1) is 12.7 Å². The lowest BCUT2D eigenvalue weighted by atomic mass is 10.1. The van der Waals surface area contributed by atoms with E-state index in [9.17, 15) is 18.8 Å². The van der Waals surface area contributed by atoms with Crippen molar-refractivity contribution in [1.29, 1.82) is 0 Å². The first-order chi connectivity index (χ1) is 13.9. The predicted molar refractivity (Wildman–Crippen MR) is 108 cm³/mol. The van der Waals surface area contributed by atoms with E-state index in [1.807, 2.05) is 11.8 Å². The Bertz CT molecular complexity index is 1020. The number of aryl methyl sites for hydroxylation is 1. The zero-order chi connectivity index (χ0) is 20.5. The first kappa shape index (κ1) is 18.9. The molecule has 4 amide bonds. The number of nitrogens with one attached hydrogen (secondary N) is 1. The number of amides is 4. The van der Waals surface area contributed by atoms with Crippen molar-refractivity contribution in [3.8, 4) is 0 Å². The summed E-state index contributed by atoms with van der Waals surface area (Å²) in [6, 6.07) is 10.6. The number of carbonyl (C=O) groups is 3. The van der Waals surface area contributed by atoms with E-state index in [0.717, 1.165) is 36.4 Å². The van der Waals surface area contributed by atoms with Crippen molar-refractivity contribution < 1.29 is 18.8 Å². The lowest BCUT2D eigenvalue weighted by molar-refractivity contribution is -0.122. The van der Waals surface area contributed by atoms with E-state index in [4.69, 9.17) is 0 Å². The molecule has 2 saturated heterocycles. The number of benzene rings is 2. The molecule has 0 spiro atoms. The van der Waals surface area contributed by atoms with Crippen molar-refractivity contribution in [2.45, 2.75) is 19.8 Å². The van der Waals surface area contributed by atoms with Gasteiger partial charge in [-0.05, 0) is 55.7 Å². The molecule has 2 aromatic carbocycles. The number of urea groups is 1. The minimum absolute atomic E-state index is 0.224. The van der Waals surface area contributed by atoms with Gasteiger partial charge in [-0.3, -0.25) is 14.9 Å². The van der Waals surface area contributed by atoms with Crippen LogP contribution in [0.2, 0.25) is 0 Å². The molecule has 0 bridgehead atoms. The Balaban J connectivity index is 1.65. The highest BCUT2D eigenvalue weighted by atomic mass is 19.1. The molecule has 4 rings (SSSR count). The average molecular weight is 393 g/mol. The molecule has 0 radical (unpaired) electrons. The lowest BCUT2D eigenvalue weighted by Crippen LogP contribution is -2.54. The van der Waals surface area contributed by atoms with Gasteiger partial charge in [-0.2, -0.15) is 0 Å². The molecular weight excluding hydrogens is 373 g/mol. The summed E-state index contributed by atoms with van der Waals surface area (Å²) in [4.78, 5) is 40.2. The lowest BCUT2D eigenvalue weighted by Gasteiger charge is -2.26. The van der Waals surface area contributed by atoms with Gasteiger partial charge in [0.05, 0.1) is 11.4 Å². The third kappa shape index (κ3) is 3.63. The van der Waals surface area contributed by atoms with Gasteiger partial charge in [0.25, 0.3) is 11.8 Å². The molecule has 6 nitrogen and oxygen atoms in total. The fraction of sp³-hybridized carbons (Fsp3) is 0.227. The van der Waals surface area contributed by atoms with E-state index < -0.39 is 23.7 Å². The largest absolute Gasteiger partial charge is 0.369 e. The van der Waals surface area contributed by atoms with E-state index in [1.54, 1.807) is 36.4 Å². The second-order valence-corrected chi connectivity index (χ2v) is 7.20. The van der Waals surface area contributed by atoms with Crippen LogP contribution in [0.25, 0.3) is 6.08 Å². The molecule has 2 aliphatic rings. The van der Waals surface area contributed by atoms with Gasteiger partial charge < -0.3 is 4.90 Å². The summed E-state index contributed by atoms with van der Waals surface area (Å²) < 4.78 is 14.6. The van der Waals surface area contributed by atoms with Crippen LogP contribution in [0.15, 0.2) is 48.0 Å². The number of anilines is 2. The van der Waals surface area contributed by atoms with Crippen LogP contribution in [0.5, 0.6) is 0 Å². The number of nitrogens with zero attached hydrogens (tertiary/aromatic N) is 2. The van der Waals surface area contributed by atoms with Crippen molar-refractivity contribution >= 4 is 35.3 Å². The van der Waals surface area contributed by atoms with E-state index in [0.29, 0.717) is 16.9 Å². The standard InChI is InChI=1S/C22H20FN3O3/c1-14-4-7-16(8-5-14)26-21(28)17(20(27)24-22(26)29)12-15-6-9-19(18(23)13-15)25-10-2-3-11-25/h4-9,12-13H,2-3,10-11H2,1H3,(H,24,27,29)/b17-12-. The topological polar surface area (TPSA) is 69.7 Å². The number of carbonyl (C=O) groups excluding carboxylic acids is 3. The summed E-state index contributed by atoms with van der Waals surface area (Å²) in [6.45, 7) is 3.51. The highest BCUT2D eigenvalue weighted by molar-refractivity contribution is 6.39. The van der Waals surface area contributed by atoms with Crippen LogP contribution in [0.1, 0.15) is 24.0 Å². The fourth-order valence-electron chi connectivity index (χ4n) is 3.58.